The van der Waals surface area contributed by atoms with Gasteiger partial charge in [-0.3, -0.25) is 0 Å². The average Bonchev–Trinajstić information content (AvgIpc) is 2.79. The maximum Gasteiger partial charge on any atom is 0.276 e. The number of nitrogens with zero attached hydrogens (tertiary/aromatic N) is 1. The largest absolute Gasteiger partial charge is 0.276 e. The van der Waals surface area contributed by atoms with Crippen LogP contribution in [0, 0.1) is 11.8 Å². The molecule has 0 aliphatic heterocycles. The molecule has 0 saturated heterocycles. The maximum atomic E-state index is 12.3. The first-order valence-electron chi connectivity index (χ1n) is 7.63. The summed E-state index contributed by atoms with van der Waals surface area (Å²) in [4.78, 5) is 2.64. The molecule has 0 spiro atoms. The second-order valence-corrected chi connectivity index (χ2v) is 8.77. The molecule has 118 valence electrons. The van der Waals surface area contributed by atoms with Crippen LogP contribution in [-0.4, -0.2) is 14.1 Å². The van der Waals surface area contributed by atoms with Gasteiger partial charge >= 0.3 is 0 Å². The number of hydrogen-bond acceptors (Lipinski definition) is 3. The van der Waals surface area contributed by atoms with Gasteiger partial charge in [0, 0.05) is 11.6 Å². The lowest BCUT2D eigenvalue weighted by Crippen LogP contribution is -2.35. The van der Waals surface area contributed by atoms with Gasteiger partial charge in [0.2, 0.25) is 0 Å². The molecular weight excluding hydrogens is 296 g/mol. The van der Waals surface area contributed by atoms with Crippen LogP contribution in [0.15, 0.2) is 46.4 Å². The van der Waals surface area contributed by atoms with Crippen molar-refractivity contribution in [1.82, 2.24) is 4.83 Å². The Bertz CT molecular complexity index is 725. The SMILES string of the molecule is CC(C)(C)c1ccc(S(=O)(=O)N/N=C2/C[C@H]3C=CC[C@@H]23)cc1. The predicted molar refractivity (Wildman–Crippen MR) is 88.3 cm³/mol. The Hall–Kier alpha value is -1.62. The molecule has 0 heterocycles. The van der Waals surface area contributed by atoms with Crippen LogP contribution in [0.1, 0.15) is 39.2 Å². The van der Waals surface area contributed by atoms with Crippen molar-refractivity contribution in [3.8, 4) is 0 Å². The van der Waals surface area contributed by atoms with Gasteiger partial charge in [0.05, 0.1) is 4.90 Å². The van der Waals surface area contributed by atoms with Crippen LogP contribution in [-0.2, 0) is 15.4 Å². The molecular formula is C17H22N2O2S. The summed E-state index contributed by atoms with van der Waals surface area (Å²) in [5.74, 6) is 0.972. The average molecular weight is 318 g/mol. The third-order valence-corrected chi connectivity index (χ3v) is 5.73. The Labute approximate surface area is 132 Å². The molecule has 0 amide bonds. The smallest absolute Gasteiger partial charge is 0.200 e. The fourth-order valence-corrected chi connectivity index (χ4v) is 3.81. The molecule has 2 aliphatic rings. The summed E-state index contributed by atoms with van der Waals surface area (Å²) < 4.78 is 24.6. The van der Waals surface area contributed by atoms with Crippen molar-refractivity contribution in [2.75, 3.05) is 0 Å². The topological polar surface area (TPSA) is 58.5 Å². The first kappa shape index (κ1) is 15.3. The highest BCUT2D eigenvalue weighted by Gasteiger charge is 2.38. The van der Waals surface area contributed by atoms with Crippen LogP contribution in [0.2, 0.25) is 0 Å². The quantitative estimate of drug-likeness (QED) is 0.687. The van der Waals surface area contributed by atoms with Gasteiger partial charge in [0.25, 0.3) is 10.0 Å². The number of sulfonamides is 1. The van der Waals surface area contributed by atoms with Gasteiger partial charge < -0.3 is 0 Å². The minimum Gasteiger partial charge on any atom is -0.200 e. The van der Waals surface area contributed by atoms with E-state index in [0.717, 1.165) is 24.1 Å². The molecule has 5 heteroatoms. The second-order valence-electron chi connectivity index (χ2n) is 7.11. The lowest BCUT2D eigenvalue weighted by atomic mass is 9.74. The molecule has 2 atom stereocenters. The molecule has 2 aliphatic carbocycles. The van der Waals surface area contributed by atoms with Crippen LogP contribution in [0.25, 0.3) is 0 Å². The minimum absolute atomic E-state index is 0.00631. The van der Waals surface area contributed by atoms with Crippen LogP contribution in [0.5, 0.6) is 0 Å². The monoisotopic (exact) mass is 318 g/mol. The van der Waals surface area contributed by atoms with Gasteiger partial charge in [-0.25, -0.2) is 4.83 Å². The Balaban J connectivity index is 1.72. The van der Waals surface area contributed by atoms with Crippen molar-refractivity contribution < 1.29 is 8.42 Å². The number of allylic oxidation sites excluding steroid dienone is 2. The van der Waals surface area contributed by atoms with Crippen molar-refractivity contribution in [2.24, 2.45) is 16.9 Å². The van der Waals surface area contributed by atoms with Gasteiger partial charge in [-0.15, -0.1) is 0 Å². The molecule has 1 aromatic rings. The fourth-order valence-electron chi connectivity index (χ4n) is 2.97. The Morgan fingerprint density at radius 2 is 1.86 bits per heavy atom. The number of fused-ring (bicyclic) bond motifs is 1. The summed E-state index contributed by atoms with van der Waals surface area (Å²) in [6, 6.07) is 7.01. The van der Waals surface area contributed by atoms with Crippen molar-refractivity contribution in [3.05, 3.63) is 42.0 Å². The van der Waals surface area contributed by atoms with E-state index in [9.17, 15) is 8.42 Å². The molecule has 1 fully saturated rings. The van der Waals surface area contributed by atoms with E-state index in [4.69, 9.17) is 0 Å². The van der Waals surface area contributed by atoms with Gasteiger partial charge in [-0.2, -0.15) is 13.5 Å². The third kappa shape index (κ3) is 2.82. The van der Waals surface area contributed by atoms with E-state index in [-0.39, 0.29) is 10.3 Å². The number of rotatable bonds is 3. The Morgan fingerprint density at radius 1 is 1.18 bits per heavy atom. The van der Waals surface area contributed by atoms with Gasteiger partial charge in [-0.1, -0.05) is 45.1 Å². The van der Waals surface area contributed by atoms with Gasteiger partial charge in [-0.05, 0) is 41.9 Å². The van der Waals surface area contributed by atoms with Crippen LogP contribution >= 0.6 is 0 Å². The molecule has 1 N–H and O–H groups in total. The number of nitrogens with one attached hydrogen (secondary N) is 1. The summed E-state index contributed by atoms with van der Waals surface area (Å²) in [6.45, 7) is 6.30. The zero-order valence-electron chi connectivity index (χ0n) is 13.2. The minimum atomic E-state index is -3.58. The predicted octanol–water partition coefficient (Wildman–Crippen LogP) is 3.21. The third-order valence-electron chi connectivity index (χ3n) is 4.50. The summed E-state index contributed by atoms with van der Waals surface area (Å²) in [5, 5.41) is 4.13. The lowest BCUT2D eigenvalue weighted by molar-refractivity contribution is 0.463. The van der Waals surface area contributed by atoms with Crippen molar-refractivity contribution in [1.29, 1.82) is 0 Å². The van der Waals surface area contributed by atoms with E-state index in [2.05, 4.69) is 42.9 Å². The number of hydrazone groups is 1. The molecule has 0 bridgehead atoms. The van der Waals surface area contributed by atoms with E-state index in [1.165, 1.54) is 0 Å². The number of benzene rings is 1. The summed E-state index contributed by atoms with van der Waals surface area (Å²) in [7, 11) is -3.58. The normalized spacial score (nSPS) is 25.9. The first-order chi connectivity index (χ1) is 10.3. The molecule has 1 saturated carbocycles. The van der Waals surface area contributed by atoms with E-state index in [1.807, 2.05) is 12.1 Å². The molecule has 0 aromatic heterocycles. The lowest BCUT2D eigenvalue weighted by Gasteiger charge is -2.31. The zero-order chi connectivity index (χ0) is 16.0. The van der Waals surface area contributed by atoms with Crippen LogP contribution in [0.3, 0.4) is 0 Å². The summed E-state index contributed by atoms with van der Waals surface area (Å²) >= 11 is 0. The second kappa shape index (κ2) is 5.23. The zero-order valence-corrected chi connectivity index (χ0v) is 14.0. The van der Waals surface area contributed by atoms with Crippen LogP contribution < -0.4 is 4.83 Å². The summed E-state index contributed by atoms with van der Waals surface area (Å²) in [6.07, 6.45) is 6.19. The highest BCUT2D eigenvalue weighted by atomic mass is 32.2. The van der Waals surface area contributed by atoms with Crippen molar-refractivity contribution in [2.45, 2.75) is 43.9 Å². The van der Waals surface area contributed by atoms with E-state index >= 15 is 0 Å². The standard InChI is InChI=1S/C17H22N2O2S/c1-17(2,3)13-7-9-14(10-8-13)22(20,21)19-18-16-11-12-5-4-6-15(12)16/h4-5,7-10,12,15,19H,6,11H2,1-3H3/b18-16-/t12-,15-/m1/s1. The number of hydrogen-bond donors (Lipinski definition) is 1. The van der Waals surface area contributed by atoms with Crippen LogP contribution in [0.4, 0.5) is 0 Å². The van der Waals surface area contributed by atoms with E-state index in [1.54, 1.807) is 12.1 Å². The fraction of sp³-hybridized carbons (Fsp3) is 0.471. The van der Waals surface area contributed by atoms with Crippen molar-refractivity contribution in [3.63, 3.8) is 0 Å². The van der Waals surface area contributed by atoms with E-state index < -0.39 is 10.0 Å². The highest BCUT2D eigenvalue weighted by Crippen LogP contribution is 2.40. The molecule has 4 nitrogen and oxygen atoms in total. The molecule has 0 unspecified atom stereocenters. The van der Waals surface area contributed by atoms with Gasteiger partial charge in [0.15, 0.2) is 0 Å². The molecule has 0 radical (unpaired) electrons. The Kier molecular flexibility index (Phi) is 3.63. The highest BCUT2D eigenvalue weighted by molar-refractivity contribution is 7.89. The van der Waals surface area contributed by atoms with Crippen molar-refractivity contribution >= 4 is 15.7 Å². The van der Waals surface area contributed by atoms with Gasteiger partial charge in [0.1, 0.15) is 0 Å². The maximum absolute atomic E-state index is 12.3. The molecule has 3 rings (SSSR count). The molecule has 1 aromatic carbocycles. The Morgan fingerprint density at radius 3 is 2.45 bits per heavy atom. The first-order valence-corrected chi connectivity index (χ1v) is 9.11. The summed E-state index contributed by atoms with van der Waals surface area (Å²) in [5.41, 5.74) is 2.08. The van der Waals surface area contributed by atoms with E-state index in [0.29, 0.717) is 11.8 Å². The molecule has 22 heavy (non-hydrogen) atoms.